The number of ether oxygens (including phenoxy) is 3. The molecule has 0 atom stereocenters. The van der Waals surface area contributed by atoms with Crippen molar-refractivity contribution in [1.82, 2.24) is 5.32 Å². The van der Waals surface area contributed by atoms with Crippen molar-refractivity contribution in [2.24, 2.45) is 0 Å². The molecule has 5 nitrogen and oxygen atoms in total. The van der Waals surface area contributed by atoms with Crippen LogP contribution in [0.25, 0.3) is 0 Å². The molecule has 0 saturated heterocycles. The molecule has 1 fully saturated rings. The Morgan fingerprint density at radius 1 is 1.06 bits per heavy atom. The minimum absolute atomic E-state index is 0.0156. The van der Waals surface area contributed by atoms with Crippen LogP contribution in [0.2, 0.25) is 0 Å². The number of methoxy groups -OCH3 is 1. The summed E-state index contributed by atoms with van der Waals surface area (Å²) in [6, 6.07) is 0. The van der Waals surface area contributed by atoms with Crippen LogP contribution in [0.4, 0.5) is 0 Å². The van der Waals surface area contributed by atoms with E-state index in [1.807, 2.05) is 0 Å². The summed E-state index contributed by atoms with van der Waals surface area (Å²) in [5.74, 6) is 0. The monoisotopic (exact) mass is 247 g/mol. The van der Waals surface area contributed by atoms with Gasteiger partial charge in [-0.15, -0.1) is 0 Å². The van der Waals surface area contributed by atoms with Gasteiger partial charge in [0.05, 0.1) is 39.6 Å². The van der Waals surface area contributed by atoms with Crippen LogP contribution in [0.15, 0.2) is 0 Å². The number of hydrogen-bond donors (Lipinski definition) is 2. The number of hydrogen-bond acceptors (Lipinski definition) is 5. The zero-order chi connectivity index (χ0) is 12.4. The molecule has 0 aromatic carbocycles. The zero-order valence-electron chi connectivity index (χ0n) is 10.7. The molecular formula is C12H25NO4. The van der Waals surface area contributed by atoms with E-state index in [1.165, 1.54) is 6.42 Å². The van der Waals surface area contributed by atoms with Crippen LogP contribution in [0.3, 0.4) is 0 Å². The maximum atomic E-state index is 9.22. The minimum atomic E-state index is -0.0156. The molecular weight excluding hydrogens is 222 g/mol. The maximum Gasteiger partial charge on any atom is 0.0701 e. The first-order valence-electron chi connectivity index (χ1n) is 6.33. The molecule has 1 aliphatic rings. The summed E-state index contributed by atoms with van der Waals surface area (Å²) in [4.78, 5) is 0. The van der Waals surface area contributed by atoms with Crippen molar-refractivity contribution >= 4 is 0 Å². The molecule has 1 aliphatic carbocycles. The second-order valence-electron chi connectivity index (χ2n) is 4.44. The first-order chi connectivity index (χ1) is 8.33. The highest BCUT2D eigenvalue weighted by Gasteiger charge is 2.35. The van der Waals surface area contributed by atoms with Gasteiger partial charge in [0.15, 0.2) is 0 Å². The van der Waals surface area contributed by atoms with E-state index in [4.69, 9.17) is 14.2 Å². The van der Waals surface area contributed by atoms with Crippen LogP contribution >= 0.6 is 0 Å². The van der Waals surface area contributed by atoms with Gasteiger partial charge in [-0.3, -0.25) is 0 Å². The third kappa shape index (κ3) is 5.79. The highest BCUT2D eigenvalue weighted by Crippen LogP contribution is 2.30. The molecule has 0 aromatic heterocycles. The Morgan fingerprint density at radius 3 is 2.24 bits per heavy atom. The first-order valence-corrected chi connectivity index (χ1v) is 6.33. The van der Waals surface area contributed by atoms with E-state index in [9.17, 15) is 5.11 Å². The number of rotatable bonds is 11. The van der Waals surface area contributed by atoms with Crippen molar-refractivity contribution < 1.29 is 19.3 Å². The maximum absolute atomic E-state index is 9.22. The lowest BCUT2D eigenvalue weighted by Crippen LogP contribution is -2.54. The molecule has 17 heavy (non-hydrogen) atoms. The SMILES string of the molecule is COCCOCCOCCNC1(CO)CCC1. The number of nitrogens with one attached hydrogen (secondary N) is 1. The highest BCUT2D eigenvalue weighted by molar-refractivity contribution is 4.95. The smallest absolute Gasteiger partial charge is 0.0701 e. The van der Waals surface area contributed by atoms with Crippen molar-refractivity contribution in [1.29, 1.82) is 0 Å². The van der Waals surface area contributed by atoms with Gasteiger partial charge < -0.3 is 24.6 Å². The molecule has 0 bridgehead atoms. The average Bonchev–Trinajstić information content (AvgIpc) is 2.30. The van der Waals surface area contributed by atoms with Gasteiger partial charge in [-0.2, -0.15) is 0 Å². The normalized spacial score (nSPS) is 18.0. The van der Waals surface area contributed by atoms with Gasteiger partial charge in [0.25, 0.3) is 0 Å². The van der Waals surface area contributed by atoms with E-state index < -0.39 is 0 Å². The number of aliphatic hydroxyl groups excluding tert-OH is 1. The zero-order valence-corrected chi connectivity index (χ0v) is 10.7. The molecule has 5 heteroatoms. The summed E-state index contributed by atoms with van der Waals surface area (Å²) in [6.07, 6.45) is 3.36. The molecule has 1 saturated carbocycles. The Labute approximate surface area is 103 Å². The van der Waals surface area contributed by atoms with Crippen molar-refractivity contribution in [3.05, 3.63) is 0 Å². The molecule has 1 rings (SSSR count). The molecule has 0 aromatic rings. The third-order valence-corrected chi connectivity index (χ3v) is 3.16. The van der Waals surface area contributed by atoms with Crippen molar-refractivity contribution in [3.63, 3.8) is 0 Å². The van der Waals surface area contributed by atoms with Crippen LogP contribution in [0.1, 0.15) is 19.3 Å². The summed E-state index contributed by atoms with van der Waals surface area (Å²) in [7, 11) is 1.66. The van der Waals surface area contributed by atoms with Crippen molar-refractivity contribution in [3.8, 4) is 0 Å². The lowest BCUT2D eigenvalue weighted by molar-refractivity contribution is 0.0203. The summed E-state index contributed by atoms with van der Waals surface area (Å²) in [6.45, 7) is 4.14. The highest BCUT2D eigenvalue weighted by atomic mass is 16.5. The van der Waals surface area contributed by atoms with E-state index in [2.05, 4.69) is 5.32 Å². The predicted molar refractivity (Wildman–Crippen MR) is 65.2 cm³/mol. The Kier molecular flexibility index (Phi) is 7.72. The van der Waals surface area contributed by atoms with Crippen LogP contribution in [0.5, 0.6) is 0 Å². The molecule has 0 unspecified atom stereocenters. The fourth-order valence-corrected chi connectivity index (χ4v) is 1.85. The standard InChI is InChI=1S/C12H25NO4/c1-15-7-8-17-10-9-16-6-5-13-12(11-14)3-2-4-12/h13-14H,2-11H2,1H3. The van der Waals surface area contributed by atoms with Crippen molar-refractivity contribution in [2.75, 3.05) is 53.3 Å². The minimum Gasteiger partial charge on any atom is -0.394 e. The van der Waals surface area contributed by atoms with Crippen LogP contribution in [0, 0.1) is 0 Å². The van der Waals surface area contributed by atoms with Gasteiger partial charge in [0, 0.05) is 19.2 Å². The van der Waals surface area contributed by atoms with E-state index in [0.717, 1.165) is 19.4 Å². The molecule has 0 aliphatic heterocycles. The average molecular weight is 247 g/mol. The Hall–Kier alpha value is -0.200. The van der Waals surface area contributed by atoms with Crippen LogP contribution < -0.4 is 5.32 Å². The van der Waals surface area contributed by atoms with E-state index in [1.54, 1.807) is 7.11 Å². The van der Waals surface area contributed by atoms with Crippen LogP contribution in [-0.2, 0) is 14.2 Å². The molecule has 2 N–H and O–H groups in total. The molecule has 0 heterocycles. The van der Waals surface area contributed by atoms with Gasteiger partial charge >= 0.3 is 0 Å². The Bertz CT molecular complexity index is 180. The fraction of sp³-hybridized carbons (Fsp3) is 1.00. The largest absolute Gasteiger partial charge is 0.394 e. The Balaban J connectivity index is 1.81. The number of aliphatic hydroxyl groups is 1. The second kappa shape index (κ2) is 8.83. The quantitative estimate of drug-likeness (QED) is 0.510. The molecule has 0 spiro atoms. The fourth-order valence-electron chi connectivity index (χ4n) is 1.85. The predicted octanol–water partition coefficient (Wildman–Crippen LogP) is 0.171. The lowest BCUT2D eigenvalue weighted by atomic mass is 9.77. The molecule has 0 amide bonds. The molecule has 102 valence electrons. The van der Waals surface area contributed by atoms with E-state index in [-0.39, 0.29) is 12.1 Å². The molecule has 0 radical (unpaired) electrons. The van der Waals surface area contributed by atoms with E-state index >= 15 is 0 Å². The van der Waals surface area contributed by atoms with Gasteiger partial charge in [0.2, 0.25) is 0 Å². The first kappa shape index (κ1) is 14.9. The lowest BCUT2D eigenvalue weighted by Gasteiger charge is -2.41. The van der Waals surface area contributed by atoms with Gasteiger partial charge in [-0.1, -0.05) is 0 Å². The summed E-state index contributed by atoms with van der Waals surface area (Å²) in [5, 5.41) is 12.6. The summed E-state index contributed by atoms with van der Waals surface area (Å²) >= 11 is 0. The Morgan fingerprint density at radius 2 is 1.71 bits per heavy atom. The topological polar surface area (TPSA) is 60.0 Å². The van der Waals surface area contributed by atoms with E-state index in [0.29, 0.717) is 33.0 Å². The van der Waals surface area contributed by atoms with Gasteiger partial charge in [0.1, 0.15) is 0 Å². The third-order valence-electron chi connectivity index (χ3n) is 3.16. The van der Waals surface area contributed by atoms with Crippen molar-refractivity contribution in [2.45, 2.75) is 24.8 Å². The summed E-state index contributed by atoms with van der Waals surface area (Å²) < 4.78 is 15.5. The van der Waals surface area contributed by atoms with Gasteiger partial charge in [-0.05, 0) is 19.3 Å². The summed E-state index contributed by atoms with van der Waals surface area (Å²) in [5.41, 5.74) is -0.0156. The van der Waals surface area contributed by atoms with Crippen LogP contribution in [-0.4, -0.2) is 63.9 Å². The van der Waals surface area contributed by atoms with Gasteiger partial charge in [-0.25, -0.2) is 0 Å². The second-order valence-corrected chi connectivity index (χ2v) is 4.44.